The number of imidazole rings is 1. The minimum atomic E-state index is -0.333. The molecule has 0 unspecified atom stereocenters. The number of hydrogen-bond donors (Lipinski definition) is 1. The molecule has 0 aliphatic carbocycles. The minimum Gasteiger partial charge on any atom is -0.306 e. The molecule has 6 nitrogen and oxygen atoms in total. The van der Waals surface area contributed by atoms with Crippen LogP contribution in [0.25, 0.3) is 5.69 Å². The largest absolute Gasteiger partial charge is 0.306 e. The zero-order valence-corrected chi connectivity index (χ0v) is 12.5. The number of aromatic nitrogens is 3. The van der Waals surface area contributed by atoms with E-state index in [-0.39, 0.29) is 5.91 Å². The number of rotatable bonds is 4. The SMILES string of the molecule is C/C(=N/NC(=O)c1ccccn1)c1ccc(-n2ccnc2)cc1. The summed E-state index contributed by atoms with van der Waals surface area (Å²) in [6, 6.07) is 13.0. The number of carbonyl (C=O) groups is 1. The molecule has 0 aliphatic heterocycles. The Morgan fingerprint density at radius 3 is 2.61 bits per heavy atom. The molecular formula is C17H15N5O. The summed E-state index contributed by atoms with van der Waals surface area (Å²) in [5, 5.41) is 4.12. The van der Waals surface area contributed by atoms with Gasteiger partial charge in [-0.3, -0.25) is 9.78 Å². The number of nitrogens with zero attached hydrogens (tertiary/aromatic N) is 4. The molecule has 0 saturated carbocycles. The fourth-order valence-corrected chi connectivity index (χ4v) is 2.04. The van der Waals surface area contributed by atoms with Crippen LogP contribution < -0.4 is 5.43 Å². The second kappa shape index (κ2) is 6.65. The summed E-state index contributed by atoms with van der Waals surface area (Å²) in [7, 11) is 0. The lowest BCUT2D eigenvalue weighted by atomic mass is 10.1. The predicted molar refractivity (Wildman–Crippen MR) is 87.5 cm³/mol. The van der Waals surface area contributed by atoms with Gasteiger partial charge in [-0.05, 0) is 36.8 Å². The first-order chi connectivity index (χ1) is 11.2. The molecule has 0 atom stereocenters. The standard InChI is InChI=1S/C17H15N5O/c1-13(20-21-17(23)16-4-2-3-9-19-16)14-5-7-15(8-6-14)22-11-10-18-12-22/h2-12H,1H3,(H,21,23)/b20-13-. The van der Waals surface area contributed by atoms with Gasteiger partial charge < -0.3 is 4.57 Å². The Labute approximate surface area is 133 Å². The Morgan fingerprint density at radius 1 is 1.13 bits per heavy atom. The zero-order chi connectivity index (χ0) is 16.1. The van der Waals surface area contributed by atoms with E-state index in [1.807, 2.05) is 42.0 Å². The van der Waals surface area contributed by atoms with Crippen molar-refractivity contribution in [3.8, 4) is 5.69 Å². The van der Waals surface area contributed by atoms with Crippen LogP contribution >= 0.6 is 0 Å². The molecule has 2 aromatic heterocycles. The van der Waals surface area contributed by atoms with Crippen LogP contribution in [0, 0.1) is 0 Å². The first-order valence-electron chi connectivity index (χ1n) is 7.08. The van der Waals surface area contributed by atoms with Gasteiger partial charge in [0.05, 0.1) is 12.0 Å². The van der Waals surface area contributed by atoms with Crippen molar-refractivity contribution in [2.45, 2.75) is 6.92 Å². The van der Waals surface area contributed by atoms with Gasteiger partial charge in [0.1, 0.15) is 5.69 Å². The van der Waals surface area contributed by atoms with Gasteiger partial charge in [0, 0.05) is 24.3 Å². The highest BCUT2D eigenvalue weighted by molar-refractivity contribution is 6.00. The van der Waals surface area contributed by atoms with Crippen molar-refractivity contribution in [3.63, 3.8) is 0 Å². The quantitative estimate of drug-likeness (QED) is 0.594. The van der Waals surface area contributed by atoms with E-state index in [1.54, 1.807) is 36.9 Å². The van der Waals surface area contributed by atoms with E-state index in [0.717, 1.165) is 11.3 Å². The number of amides is 1. The third-order valence-corrected chi connectivity index (χ3v) is 3.31. The van der Waals surface area contributed by atoms with Crippen molar-refractivity contribution in [2.24, 2.45) is 5.10 Å². The maximum atomic E-state index is 11.9. The molecule has 2 heterocycles. The Hall–Kier alpha value is -3.28. The number of hydrazone groups is 1. The first kappa shape index (κ1) is 14.6. The third kappa shape index (κ3) is 3.49. The molecule has 23 heavy (non-hydrogen) atoms. The van der Waals surface area contributed by atoms with Crippen LogP contribution in [0.4, 0.5) is 0 Å². The molecule has 3 rings (SSSR count). The molecule has 0 bridgehead atoms. The Bertz CT molecular complexity index is 808. The van der Waals surface area contributed by atoms with Crippen molar-refractivity contribution in [2.75, 3.05) is 0 Å². The van der Waals surface area contributed by atoms with Crippen molar-refractivity contribution in [1.29, 1.82) is 0 Å². The highest BCUT2D eigenvalue weighted by atomic mass is 16.2. The third-order valence-electron chi connectivity index (χ3n) is 3.31. The van der Waals surface area contributed by atoms with Gasteiger partial charge in [-0.2, -0.15) is 5.10 Å². The van der Waals surface area contributed by atoms with E-state index in [2.05, 4.69) is 20.5 Å². The van der Waals surface area contributed by atoms with E-state index in [9.17, 15) is 4.79 Å². The number of nitrogens with one attached hydrogen (secondary N) is 1. The second-order valence-corrected chi connectivity index (χ2v) is 4.87. The summed E-state index contributed by atoms with van der Waals surface area (Å²) in [6.45, 7) is 1.84. The van der Waals surface area contributed by atoms with Crippen LogP contribution in [0.2, 0.25) is 0 Å². The summed E-state index contributed by atoms with van der Waals surface area (Å²) in [6.07, 6.45) is 6.92. The molecule has 0 radical (unpaired) electrons. The van der Waals surface area contributed by atoms with Crippen LogP contribution in [0.1, 0.15) is 23.0 Å². The molecule has 0 spiro atoms. The van der Waals surface area contributed by atoms with Gasteiger partial charge in [0.15, 0.2) is 0 Å². The molecule has 3 aromatic rings. The maximum Gasteiger partial charge on any atom is 0.289 e. The summed E-state index contributed by atoms with van der Waals surface area (Å²) in [5.74, 6) is -0.333. The molecule has 6 heteroatoms. The Balaban J connectivity index is 1.70. The van der Waals surface area contributed by atoms with E-state index < -0.39 is 0 Å². The molecule has 0 saturated heterocycles. The van der Waals surface area contributed by atoms with Gasteiger partial charge in [0.25, 0.3) is 5.91 Å². The zero-order valence-electron chi connectivity index (χ0n) is 12.5. The van der Waals surface area contributed by atoms with Crippen LogP contribution in [0.5, 0.6) is 0 Å². The van der Waals surface area contributed by atoms with E-state index in [4.69, 9.17) is 0 Å². The van der Waals surface area contributed by atoms with Crippen LogP contribution in [0.15, 0.2) is 72.5 Å². The van der Waals surface area contributed by atoms with Crippen LogP contribution in [-0.4, -0.2) is 26.2 Å². The lowest BCUT2D eigenvalue weighted by molar-refractivity contribution is 0.0950. The molecule has 1 aromatic carbocycles. The number of benzene rings is 1. The molecule has 114 valence electrons. The summed E-state index contributed by atoms with van der Waals surface area (Å²) >= 11 is 0. The lowest BCUT2D eigenvalue weighted by Gasteiger charge is -2.05. The fourth-order valence-electron chi connectivity index (χ4n) is 2.04. The maximum absolute atomic E-state index is 11.9. The topological polar surface area (TPSA) is 72.2 Å². The number of hydrogen-bond acceptors (Lipinski definition) is 4. The Kier molecular flexibility index (Phi) is 4.24. The van der Waals surface area contributed by atoms with E-state index >= 15 is 0 Å². The number of pyridine rings is 1. The monoisotopic (exact) mass is 305 g/mol. The summed E-state index contributed by atoms with van der Waals surface area (Å²) in [4.78, 5) is 19.9. The van der Waals surface area contributed by atoms with Gasteiger partial charge >= 0.3 is 0 Å². The van der Waals surface area contributed by atoms with Crippen molar-refractivity contribution >= 4 is 11.6 Å². The summed E-state index contributed by atoms with van der Waals surface area (Å²) < 4.78 is 1.92. The van der Waals surface area contributed by atoms with Gasteiger partial charge in [-0.25, -0.2) is 10.4 Å². The smallest absolute Gasteiger partial charge is 0.289 e. The highest BCUT2D eigenvalue weighted by Gasteiger charge is 2.05. The lowest BCUT2D eigenvalue weighted by Crippen LogP contribution is -2.20. The van der Waals surface area contributed by atoms with Crippen molar-refractivity contribution in [3.05, 3.63) is 78.6 Å². The molecule has 1 N–H and O–H groups in total. The molecule has 0 fully saturated rings. The average Bonchev–Trinajstić information content (AvgIpc) is 3.15. The normalized spacial score (nSPS) is 11.3. The van der Waals surface area contributed by atoms with Crippen molar-refractivity contribution in [1.82, 2.24) is 20.0 Å². The van der Waals surface area contributed by atoms with Gasteiger partial charge in [0.2, 0.25) is 0 Å². The number of carbonyl (C=O) groups excluding carboxylic acids is 1. The second-order valence-electron chi connectivity index (χ2n) is 4.87. The predicted octanol–water partition coefficient (Wildman–Crippen LogP) is 2.42. The van der Waals surface area contributed by atoms with Gasteiger partial charge in [-0.15, -0.1) is 0 Å². The fraction of sp³-hybridized carbons (Fsp3) is 0.0588. The minimum absolute atomic E-state index is 0.333. The average molecular weight is 305 g/mol. The van der Waals surface area contributed by atoms with Crippen LogP contribution in [0.3, 0.4) is 0 Å². The van der Waals surface area contributed by atoms with E-state index in [0.29, 0.717) is 11.4 Å². The van der Waals surface area contributed by atoms with E-state index in [1.165, 1.54) is 0 Å². The first-order valence-corrected chi connectivity index (χ1v) is 7.08. The Morgan fingerprint density at radius 2 is 1.96 bits per heavy atom. The molecule has 1 amide bonds. The van der Waals surface area contributed by atoms with Crippen molar-refractivity contribution < 1.29 is 4.79 Å². The van der Waals surface area contributed by atoms with Gasteiger partial charge in [-0.1, -0.05) is 18.2 Å². The van der Waals surface area contributed by atoms with Crippen LogP contribution in [-0.2, 0) is 0 Å². The molecular weight excluding hydrogens is 290 g/mol. The molecule has 0 aliphatic rings. The summed E-state index contributed by atoms with van der Waals surface area (Å²) in [5.41, 5.74) is 5.49. The highest BCUT2D eigenvalue weighted by Crippen LogP contribution is 2.10.